The van der Waals surface area contributed by atoms with E-state index >= 15 is 0 Å². The van der Waals surface area contributed by atoms with Gasteiger partial charge in [0.25, 0.3) is 5.56 Å². The number of primary amides is 1. The second-order valence-electron chi connectivity index (χ2n) is 3.47. The van der Waals surface area contributed by atoms with E-state index in [2.05, 4.69) is 0 Å². The molecule has 0 saturated carbocycles. The van der Waals surface area contributed by atoms with Crippen LogP contribution in [0.15, 0.2) is 23.0 Å². The zero-order valence-corrected chi connectivity index (χ0v) is 8.71. The first-order valence-corrected chi connectivity index (χ1v) is 4.66. The summed E-state index contributed by atoms with van der Waals surface area (Å²) in [5.74, 6) is -2.39. The van der Waals surface area contributed by atoms with Crippen molar-refractivity contribution in [2.24, 2.45) is 11.7 Å². The average Bonchev–Trinajstić information content (AvgIpc) is 2.20. The smallest absolute Gasteiger partial charge is 0.352 e. The molecule has 1 aromatic heterocycles. The van der Waals surface area contributed by atoms with Gasteiger partial charge in [0.15, 0.2) is 0 Å². The number of hydrogen-bond acceptors (Lipinski definition) is 3. The highest BCUT2D eigenvalue weighted by Crippen LogP contribution is 2.02. The third-order valence-corrected chi connectivity index (χ3v) is 2.21. The number of pyridine rings is 1. The molecular weight excluding hydrogens is 212 g/mol. The van der Waals surface area contributed by atoms with E-state index in [1.165, 1.54) is 25.1 Å². The molecule has 1 rings (SSSR count). The summed E-state index contributed by atoms with van der Waals surface area (Å²) in [7, 11) is 0. The van der Waals surface area contributed by atoms with Gasteiger partial charge in [0.2, 0.25) is 5.91 Å². The molecule has 0 aliphatic heterocycles. The van der Waals surface area contributed by atoms with Crippen LogP contribution >= 0.6 is 0 Å². The van der Waals surface area contributed by atoms with Crippen molar-refractivity contribution in [3.63, 3.8) is 0 Å². The minimum atomic E-state index is -1.21. The van der Waals surface area contributed by atoms with Crippen LogP contribution in [0.25, 0.3) is 0 Å². The highest BCUT2D eigenvalue weighted by Gasteiger charge is 2.15. The van der Waals surface area contributed by atoms with E-state index in [4.69, 9.17) is 10.8 Å². The first-order valence-electron chi connectivity index (χ1n) is 4.66. The second-order valence-corrected chi connectivity index (χ2v) is 3.47. The lowest BCUT2D eigenvalue weighted by Crippen LogP contribution is -2.32. The van der Waals surface area contributed by atoms with Crippen LogP contribution in [0.3, 0.4) is 0 Å². The largest absolute Gasteiger partial charge is 0.477 e. The highest BCUT2D eigenvalue weighted by atomic mass is 16.4. The highest BCUT2D eigenvalue weighted by molar-refractivity contribution is 5.85. The molecule has 1 unspecified atom stereocenters. The topological polar surface area (TPSA) is 102 Å². The summed E-state index contributed by atoms with van der Waals surface area (Å²) in [5, 5.41) is 8.87. The molecule has 0 fully saturated rings. The monoisotopic (exact) mass is 224 g/mol. The van der Waals surface area contributed by atoms with Gasteiger partial charge < -0.3 is 15.4 Å². The number of amides is 1. The van der Waals surface area contributed by atoms with E-state index in [-0.39, 0.29) is 12.2 Å². The zero-order valence-electron chi connectivity index (χ0n) is 8.71. The van der Waals surface area contributed by atoms with Crippen molar-refractivity contribution >= 4 is 11.9 Å². The third-order valence-electron chi connectivity index (χ3n) is 2.21. The number of carboxylic acid groups (broad SMARTS) is 1. The van der Waals surface area contributed by atoms with Crippen LogP contribution < -0.4 is 11.3 Å². The van der Waals surface area contributed by atoms with E-state index in [1.54, 1.807) is 0 Å². The first-order chi connectivity index (χ1) is 7.43. The maximum Gasteiger partial charge on any atom is 0.352 e. The molecule has 0 spiro atoms. The Bertz CT molecular complexity index is 478. The summed E-state index contributed by atoms with van der Waals surface area (Å²) in [5.41, 5.74) is 4.44. The van der Waals surface area contributed by atoms with Gasteiger partial charge in [-0.1, -0.05) is 13.0 Å². The van der Waals surface area contributed by atoms with Crippen molar-refractivity contribution in [3.8, 4) is 0 Å². The van der Waals surface area contributed by atoms with Crippen LogP contribution in [-0.2, 0) is 11.3 Å². The molecule has 1 aromatic rings. The van der Waals surface area contributed by atoms with Crippen molar-refractivity contribution in [2.75, 3.05) is 0 Å². The Morgan fingerprint density at radius 1 is 1.50 bits per heavy atom. The minimum absolute atomic E-state index is 0.0311. The Kier molecular flexibility index (Phi) is 3.44. The molecule has 0 radical (unpaired) electrons. The fourth-order valence-corrected chi connectivity index (χ4v) is 1.26. The van der Waals surface area contributed by atoms with Crippen LogP contribution in [0.1, 0.15) is 17.4 Å². The number of aromatic carboxylic acids is 1. The molecule has 86 valence electrons. The van der Waals surface area contributed by atoms with Gasteiger partial charge in [-0.05, 0) is 6.07 Å². The molecule has 0 bridgehead atoms. The summed E-state index contributed by atoms with van der Waals surface area (Å²) < 4.78 is 1.03. The summed E-state index contributed by atoms with van der Waals surface area (Å²) in [4.78, 5) is 33.2. The normalized spacial score (nSPS) is 12.1. The maximum absolute atomic E-state index is 11.5. The maximum atomic E-state index is 11.5. The number of carbonyl (C=O) groups excluding carboxylic acids is 1. The van der Waals surface area contributed by atoms with Crippen LogP contribution in [0, 0.1) is 5.92 Å². The summed E-state index contributed by atoms with van der Waals surface area (Å²) >= 11 is 0. The quantitative estimate of drug-likeness (QED) is 0.730. The van der Waals surface area contributed by atoms with E-state index in [0.29, 0.717) is 0 Å². The molecule has 3 N–H and O–H groups in total. The summed E-state index contributed by atoms with van der Waals surface area (Å²) in [6, 6.07) is 3.90. The molecule has 0 saturated heterocycles. The second kappa shape index (κ2) is 4.61. The van der Waals surface area contributed by atoms with Crippen LogP contribution in [0.2, 0.25) is 0 Å². The lowest BCUT2D eigenvalue weighted by molar-refractivity contribution is -0.121. The van der Waals surface area contributed by atoms with E-state index in [9.17, 15) is 14.4 Å². The number of hydrogen-bond donors (Lipinski definition) is 2. The third kappa shape index (κ3) is 2.47. The molecule has 1 heterocycles. The van der Waals surface area contributed by atoms with Crippen molar-refractivity contribution in [2.45, 2.75) is 13.5 Å². The molecule has 1 atom stereocenters. The van der Waals surface area contributed by atoms with Gasteiger partial charge in [-0.15, -0.1) is 0 Å². The molecule has 0 aliphatic carbocycles. The van der Waals surface area contributed by atoms with Gasteiger partial charge in [-0.2, -0.15) is 0 Å². The zero-order chi connectivity index (χ0) is 12.3. The van der Waals surface area contributed by atoms with E-state index in [0.717, 1.165) is 4.57 Å². The fraction of sp³-hybridized carbons (Fsp3) is 0.300. The Labute approximate surface area is 91.3 Å². The van der Waals surface area contributed by atoms with Gasteiger partial charge in [0, 0.05) is 12.6 Å². The first kappa shape index (κ1) is 12.0. The number of carboxylic acids is 1. The number of nitrogens with zero attached hydrogens (tertiary/aromatic N) is 1. The molecule has 0 aromatic carbocycles. The molecular formula is C10H12N2O4. The lowest BCUT2D eigenvalue weighted by atomic mass is 10.1. The number of aromatic nitrogens is 1. The van der Waals surface area contributed by atoms with Crippen LogP contribution in [0.4, 0.5) is 0 Å². The van der Waals surface area contributed by atoms with Crippen molar-refractivity contribution < 1.29 is 14.7 Å². The van der Waals surface area contributed by atoms with Gasteiger partial charge in [0.1, 0.15) is 5.69 Å². The molecule has 1 amide bonds. The number of carbonyl (C=O) groups is 2. The summed E-state index contributed by atoms with van der Waals surface area (Å²) in [6.07, 6.45) is 0. The number of rotatable bonds is 4. The molecule has 6 nitrogen and oxygen atoms in total. The Morgan fingerprint density at radius 2 is 2.12 bits per heavy atom. The molecule has 0 aliphatic rings. The van der Waals surface area contributed by atoms with Gasteiger partial charge in [-0.3, -0.25) is 9.59 Å². The standard InChI is InChI=1S/C10H12N2O4/c1-6(9(11)14)5-12-7(10(15)16)3-2-4-8(12)13/h2-4,6H,5H2,1H3,(H2,11,14)(H,15,16). The van der Waals surface area contributed by atoms with Crippen molar-refractivity contribution in [3.05, 3.63) is 34.2 Å². The predicted octanol–water partition coefficient (Wildman–Crippen LogP) is -0.332. The van der Waals surface area contributed by atoms with Gasteiger partial charge in [-0.25, -0.2) is 4.79 Å². The van der Waals surface area contributed by atoms with E-state index < -0.39 is 23.4 Å². The van der Waals surface area contributed by atoms with E-state index in [1.807, 2.05) is 0 Å². The number of nitrogens with two attached hydrogens (primary N) is 1. The van der Waals surface area contributed by atoms with Crippen molar-refractivity contribution in [1.82, 2.24) is 4.57 Å². The summed E-state index contributed by atoms with van der Waals surface area (Å²) in [6.45, 7) is 1.50. The van der Waals surface area contributed by atoms with Crippen LogP contribution in [0.5, 0.6) is 0 Å². The van der Waals surface area contributed by atoms with Crippen LogP contribution in [-0.4, -0.2) is 21.6 Å². The van der Waals surface area contributed by atoms with Gasteiger partial charge in [0.05, 0.1) is 5.92 Å². The Morgan fingerprint density at radius 3 is 2.62 bits per heavy atom. The SMILES string of the molecule is CC(Cn1c(C(=O)O)cccc1=O)C(N)=O. The van der Waals surface area contributed by atoms with Gasteiger partial charge >= 0.3 is 5.97 Å². The minimum Gasteiger partial charge on any atom is -0.477 e. The average molecular weight is 224 g/mol. The Balaban J connectivity index is 3.16. The fourth-order valence-electron chi connectivity index (χ4n) is 1.26. The predicted molar refractivity (Wildman–Crippen MR) is 56.0 cm³/mol. The molecule has 6 heteroatoms. The lowest BCUT2D eigenvalue weighted by Gasteiger charge is -2.12. The Hall–Kier alpha value is -2.11. The van der Waals surface area contributed by atoms with Crippen molar-refractivity contribution in [1.29, 1.82) is 0 Å². The molecule has 16 heavy (non-hydrogen) atoms.